The lowest BCUT2D eigenvalue weighted by molar-refractivity contribution is 0.0952. The summed E-state index contributed by atoms with van der Waals surface area (Å²) in [5, 5.41) is 2.84. The van der Waals surface area contributed by atoms with Gasteiger partial charge in [0.2, 0.25) is 0 Å². The molecule has 0 aliphatic heterocycles. The van der Waals surface area contributed by atoms with Gasteiger partial charge in [-0.3, -0.25) is 4.79 Å². The van der Waals surface area contributed by atoms with Crippen LogP contribution in [0.4, 0.5) is 5.82 Å². The standard InChI is InChI=1S/C13H15N3OS/c1-2-9-5-6-10(18-9)8-16-13(17)11-4-3-7-15-12(11)14/h3-7H,2,8H2,1H3,(H2,14,15)(H,16,17). The first-order valence-corrected chi connectivity index (χ1v) is 6.58. The van der Waals surface area contributed by atoms with E-state index in [9.17, 15) is 4.79 Å². The number of hydrogen-bond donors (Lipinski definition) is 2. The normalized spacial score (nSPS) is 10.3. The lowest BCUT2D eigenvalue weighted by atomic mass is 10.2. The minimum absolute atomic E-state index is 0.188. The monoisotopic (exact) mass is 261 g/mol. The number of anilines is 1. The molecule has 94 valence electrons. The van der Waals surface area contributed by atoms with E-state index in [2.05, 4.69) is 23.3 Å². The van der Waals surface area contributed by atoms with E-state index < -0.39 is 0 Å². The molecule has 0 spiro atoms. The molecule has 0 radical (unpaired) electrons. The average molecular weight is 261 g/mol. The Balaban J connectivity index is 1.98. The smallest absolute Gasteiger partial charge is 0.255 e. The first-order valence-electron chi connectivity index (χ1n) is 5.77. The summed E-state index contributed by atoms with van der Waals surface area (Å²) in [4.78, 5) is 18.2. The summed E-state index contributed by atoms with van der Waals surface area (Å²) in [6.07, 6.45) is 2.59. The van der Waals surface area contributed by atoms with E-state index in [0.717, 1.165) is 11.3 Å². The van der Waals surface area contributed by atoms with Gasteiger partial charge in [-0.25, -0.2) is 4.98 Å². The molecule has 0 saturated heterocycles. The molecular formula is C13H15N3OS. The van der Waals surface area contributed by atoms with Crippen LogP contribution in [0, 0.1) is 0 Å². The van der Waals surface area contributed by atoms with Gasteiger partial charge in [-0.05, 0) is 30.7 Å². The summed E-state index contributed by atoms with van der Waals surface area (Å²) < 4.78 is 0. The number of thiophene rings is 1. The van der Waals surface area contributed by atoms with Crippen LogP contribution in [0.25, 0.3) is 0 Å². The number of amides is 1. The van der Waals surface area contributed by atoms with Crippen molar-refractivity contribution in [3.8, 4) is 0 Å². The molecule has 3 N–H and O–H groups in total. The lowest BCUT2D eigenvalue weighted by Gasteiger charge is -2.05. The van der Waals surface area contributed by atoms with E-state index in [4.69, 9.17) is 5.73 Å². The second-order valence-corrected chi connectivity index (χ2v) is 5.09. The predicted molar refractivity (Wildman–Crippen MR) is 73.5 cm³/mol. The molecule has 2 rings (SSSR count). The molecule has 4 nitrogen and oxygen atoms in total. The SMILES string of the molecule is CCc1ccc(CNC(=O)c2cccnc2N)s1. The molecule has 1 amide bonds. The minimum atomic E-state index is -0.188. The Labute approximate surface area is 110 Å². The summed E-state index contributed by atoms with van der Waals surface area (Å²) in [5.74, 6) is 0.0717. The number of carbonyl (C=O) groups is 1. The molecule has 0 atom stereocenters. The molecule has 0 aliphatic carbocycles. The van der Waals surface area contributed by atoms with E-state index >= 15 is 0 Å². The topological polar surface area (TPSA) is 68.0 Å². The third kappa shape index (κ3) is 2.87. The van der Waals surface area contributed by atoms with Gasteiger partial charge in [0.15, 0.2) is 0 Å². The van der Waals surface area contributed by atoms with E-state index in [1.807, 2.05) is 6.07 Å². The fraction of sp³-hybridized carbons (Fsp3) is 0.231. The molecule has 0 bridgehead atoms. The van der Waals surface area contributed by atoms with Gasteiger partial charge in [-0.1, -0.05) is 6.92 Å². The number of nitrogens with one attached hydrogen (secondary N) is 1. The van der Waals surface area contributed by atoms with Crippen molar-refractivity contribution in [1.29, 1.82) is 0 Å². The van der Waals surface area contributed by atoms with Crippen LogP contribution in [0.1, 0.15) is 27.0 Å². The molecule has 0 saturated carbocycles. The fourth-order valence-corrected chi connectivity index (χ4v) is 2.48. The highest BCUT2D eigenvalue weighted by Gasteiger charge is 2.09. The fourth-order valence-electron chi connectivity index (χ4n) is 1.58. The van der Waals surface area contributed by atoms with Crippen LogP contribution in [0.3, 0.4) is 0 Å². The summed E-state index contributed by atoms with van der Waals surface area (Å²) in [7, 11) is 0. The second kappa shape index (κ2) is 5.64. The zero-order chi connectivity index (χ0) is 13.0. The Bertz CT molecular complexity index is 551. The van der Waals surface area contributed by atoms with Crippen LogP contribution < -0.4 is 11.1 Å². The second-order valence-electron chi connectivity index (χ2n) is 3.84. The van der Waals surface area contributed by atoms with Crippen LogP contribution in [0.15, 0.2) is 30.5 Å². The molecule has 2 heterocycles. The molecule has 0 fully saturated rings. The summed E-state index contributed by atoms with van der Waals surface area (Å²) >= 11 is 1.71. The summed E-state index contributed by atoms with van der Waals surface area (Å²) in [6, 6.07) is 7.50. The van der Waals surface area contributed by atoms with Crippen molar-refractivity contribution in [2.75, 3.05) is 5.73 Å². The van der Waals surface area contributed by atoms with Gasteiger partial charge in [-0.2, -0.15) is 0 Å². The first-order chi connectivity index (χ1) is 8.70. The number of nitrogen functional groups attached to an aromatic ring is 1. The Hall–Kier alpha value is -1.88. The highest BCUT2D eigenvalue weighted by atomic mass is 32.1. The number of hydrogen-bond acceptors (Lipinski definition) is 4. The van der Waals surface area contributed by atoms with Gasteiger partial charge < -0.3 is 11.1 Å². The summed E-state index contributed by atoms with van der Waals surface area (Å²) in [6.45, 7) is 2.64. The number of aryl methyl sites for hydroxylation is 1. The molecule has 2 aromatic rings. The molecule has 0 aromatic carbocycles. The van der Waals surface area contributed by atoms with Gasteiger partial charge in [0.1, 0.15) is 5.82 Å². The maximum absolute atomic E-state index is 11.9. The van der Waals surface area contributed by atoms with Crippen LogP contribution in [0.2, 0.25) is 0 Å². The number of nitrogens with zero attached hydrogens (tertiary/aromatic N) is 1. The van der Waals surface area contributed by atoms with Gasteiger partial charge in [0.05, 0.1) is 12.1 Å². The number of rotatable bonds is 4. The quantitative estimate of drug-likeness (QED) is 0.886. The minimum Gasteiger partial charge on any atom is -0.383 e. The van der Waals surface area contributed by atoms with Crippen molar-refractivity contribution in [3.05, 3.63) is 45.8 Å². The van der Waals surface area contributed by atoms with Crippen molar-refractivity contribution >= 4 is 23.1 Å². The molecule has 0 unspecified atom stereocenters. The van der Waals surface area contributed by atoms with Gasteiger partial charge in [0.25, 0.3) is 5.91 Å². The van der Waals surface area contributed by atoms with Crippen LogP contribution in [0.5, 0.6) is 0 Å². The summed E-state index contributed by atoms with van der Waals surface area (Å²) in [5.41, 5.74) is 6.07. The van der Waals surface area contributed by atoms with Crippen LogP contribution >= 0.6 is 11.3 Å². The molecule has 18 heavy (non-hydrogen) atoms. The van der Waals surface area contributed by atoms with E-state index in [-0.39, 0.29) is 11.7 Å². The highest BCUT2D eigenvalue weighted by molar-refractivity contribution is 7.11. The number of nitrogens with two attached hydrogens (primary N) is 1. The average Bonchev–Trinajstić information content (AvgIpc) is 2.84. The highest BCUT2D eigenvalue weighted by Crippen LogP contribution is 2.16. The van der Waals surface area contributed by atoms with Crippen molar-refractivity contribution in [2.24, 2.45) is 0 Å². The van der Waals surface area contributed by atoms with Crippen molar-refractivity contribution in [2.45, 2.75) is 19.9 Å². The van der Waals surface area contributed by atoms with Gasteiger partial charge >= 0.3 is 0 Å². The largest absolute Gasteiger partial charge is 0.383 e. The zero-order valence-electron chi connectivity index (χ0n) is 10.1. The van der Waals surface area contributed by atoms with Crippen LogP contribution in [-0.2, 0) is 13.0 Å². The lowest BCUT2D eigenvalue weighted by Crippen LogP contribution is -2.23. The third-order valence-electron chi connectivity index (χ3n) is 2.57. The van der Waals surface area contributed by atoms with E-state index in [1.54, 1.807) is 29.7 Å². The maximum atomic E-state index is 11.9. The first kappa shape index (κ1) is 12.6. The number of aromatic nitrogens is 1. The molecule has 2 aromatic heterocycles. The van der Waals surface area contributed by atoms with Gasteiger partial charge in [0, 0.05) is 16.0 Å². The van der Waals surface area contributed by atoms with Crippen molar-refractivity contribution in [1.82, 2.24) is 10.3 Å². The predicted octanol–water partition coefficient (Wildman–Crippen LogP) is 2.22. The molecular weight excluding hydrogens is 246 g/mol. The number of carbonyl (C=O) groups excluding carboxylic acids is 1. The van der Waals surface area contributed by atoms with E-state index in [1.165, 1.54) is 4.88 Å². The molecule has 5 heteroatoms. The number of pyridine rings is 1. The Morgan fingerprint density at radius 3 is 2.83 bits per heavy atom. The van der Waals surface area contributed by atoms with Crippen molar-refractivity contribution in [3.63, 3.8) is 0 Å². The zero-order valence-corrected chi connectivity index (χ0v) is 11.0. The third-order valence-corrected chi connectivity index (χ3v) is 3.80. The van der Waals surface area contributed by atoms with E-state index in [0.29, 0.717) is 12.1 Å². The van der Waals surface area contributed by atoms with Crippen LogP contribution in [-0.4, -0.2) is 10.9 Å². The van der Waals surface area contributed by atoms with Crippen molar-refractivity contribution < 1.29 is 4.79 Å². The Kier molecular flexibility index (Phi) is 3.94. The molecule has 0 aliphatic rings. The Morgan fingerprint density at radius 2 is 2.17 bits per heavy atom. The Morgan fingerprint density at radius 1 is 1.39 bits per heavy atom. The van der Waals surface area contributed by atoms with Gasteiger partial charge in [-0.15, -0.1) is 11.3 Å². The maximum Gasteiger partial charge on any atom is 0.255 e.